The Kier molecular flexibility index (Phi) is 12.9. The van der Waals surface area contributed by atoms with Crippen LogP contribution in [-0.2, 0) is 24.8 Å². The van der Waals surface area contributed by atoms with Crippen molar-refractivity contribution < 1.29 is 36.2 Å². The van der Waals surface area contributed by atoms with Gasteiger partial charge in [0.1, 0.15) is 5.75 Å². The zero-order valence-electron chi connectivity index (χ0n) is 27.6. The van der Waals surface area contributed by atoms with E-state index in [0.29, 0.717) is 24.5 Å². The molecule has 0 radical (unpaired) electrons. The van der Waals surface area contributed by atoms with Gasteiger partial charge in [0, 0.05) is 43.4 Å². The van der Waals surface area contributed by atoms with E-state index >= 15 is 0 Å². The molecule has 0 aliphatic carbocycles. The number of hydrogen-bond acceptors (Lipinski definition) is 8. The van der Waals surface area contributed by atoms with Gasteiger partial charge < -0.3 is 19.5 Å². The molecule has 262 valence electrons. The number of nitrogens with zero attached hydrogens (tertiary/aromatic N) is 2. The van der Waals surface area contributed by atoms with E-state index in [1.165, 1.54) is 58.7 Å². The minimum absolute atomic E-state index is 0.0170. The van der Waals surface area contributed by atoms with Crippen molar-refractivity contribution >= 4 is 43.2 Å². The summed E-state index contributed by atoms with van der Waals surface area (Å²) < 4.78 is 69.3. The van der Waals surface area contributed by atoms with Gasteiger partial charge >= 0.3 is 0 Å². The van der Waals surface area contributed by atoms with E-state index in [1.54, 1.807) is 37.3 Å². The lowest BCUT2D eigenvalue weighted by Gasteiger charge is -2.35. The zero-order chi connectivity index (χ0) is 35.1. The Balaban J connectivity index is 1.67. The van der Waals surface area contributed by atoms with Crippen LogP contribution in [0.5, 0.6) is 5.75 Å². The molecule has 3 aromatic rings. The van der Waals surface area contributed by atoms with Crippen LogP contribution in [0, 0.1) is 5.92 Å². The molecule has 48 heavy (non-hydrogen) atoms. The topological polar surface area (TPSA) is 143 Å². The second-order valence-corrected chi connectivity index (χ2v) is 16.3. The van der Waals surface area contributed by atoms with Crippen LogP contribution in [0.4, 0.5) is 5.69 Å². The maximum Gasteiger partial charge on any atom is 0.261 e. The fourth-order valence-corrected chi connectivity index (χ4v) is 7.78. The van der Waals surface area contributed by atoms with E-state index in [9.17, 15) is 26.7 Å². The van der Waals surface area contributed by atoms with Crippen molar-refractivity contribution in [3.05, 3.63) is 83.4 Å². The highest BCUT2D eigenvalue weighted by Gasteiger charge is 2.32. The first-order valence-electron chi connectivity index (χ1n) is 15.9. The fraction of sp³-hybridized carbons (Fsp3) is 0.441. The Morgan fingerprint density at radius 3 is 2.35 bits per heavy atom. The first-order chi connectivity index (χ1) is 22.7. The molecule has 0 fully saturated rings. The number of carbonyl (C=O) groups is 1. The summed E-state index contributed by atoms with van der Waals surface area (Å²) in [6, 6.07) is 17.8. The number of aliphatic hydroxyl groups excluding tert-OH is 1. The second-order valence-electron chi connectivity index (χ2n) is 12.2. The molecule has 1 aliphatic rings. The molecule has 2 N–H and O–H groups in total. The number of anilines is 1. The Hall–Kier alpha value is -3.20. The van der Waals surface area contributed by atoms with Crippen molar-refractivity contribution in [2.75, 3.05) is 38.1 Å². The third kappa shape index (κ3) is 9.48. The highest BCUT2D eigenvalue weighted by molar-refractivity contribution is 7.92. The highest BCUT2D eigenvalue weighted by atomic mass is 35.5. The van der Waals surface area contributed by atoms with E-state index in [-0.39, 0.29) is 58.5 Å². The van der Waals surface area contributed by atoms with Crippen LogP contribution in [0.3, 0.4) is 0 Å². The maximum absolute atomic E-state index is 14.3. The van der Waals surface area contributed by atoms with Gasteiger partial charge in [-0.05, 0) is 87.7 Å². The largest absolute Gasteiger partial charge is 0.490 e. The summed E-state index contributed by atoms with van der Waals surface area (Å²) in [6.07, 6.45) is 1.24. The lowest BCUT2D eigenvalue weighted by molar-refractivity contribution is -0.00833. The second kappa shape index (κ2) is 16.5. The summed E-state index contributed by atoms with van der Waals surface area (Å²) in [5.74, 6) is -0.572. The number of ether oxygens (including phenoxy) is 2. The number of hydrogen-bond donors (Lipinski definition) is 2. The van der Waals surface area contributed by atoms with Crippen LogP contribution in [0.2, 0.25) is 5.02 Å². The van der Waals surface area contributed by atoms with Crippen molar-refractivity contribution in [1.29, 1.82) is 0 Å². The number of fused-ring (bicyclic) bond motifs is 1. The van der Waals surface area contributed by atoms with E-state index in [4.69, 9.17) is 21.1 Å². The Morgan fingerprint density at radius 2 is 1.69 bits per heavy atom. The summed E-state index contributed by atoms with van der Waals surface area (Å²) >= 11 is 5.97. The van der Waals surface area contributed by atoms with Crippen molar-refractivity contribution in [3.8, 4) is 5.75 Å². The number of sulfonamides is 2. The molecule has 11 nitrogen and oxygen atoms in total. The van der Waals surface area contributed by atoms with E-state index in [0.717, 1.165) is 6.42 Å². The molecule has 0 saturated heterocycles. The van der Waals surface area contributed by atoms with Crippen LogP contribution in [0.25, 0.3) is 0 Å². The third-order valence-corrected chi connectivity index (χ3v) is 11.8. The van der Waals surface area contributed by atoms with Crippen LogP contribution in [0.15, 0.2) is 82.6 Å². The molecule has 1 aliphatic heterocycles. The van der Waals surface area contributed by atoms with Crippen LogP contribution in [0.1, 0.15) is 50.4 Å². The third-order valence-electron chi connectivity index (χ3n) is 8.32. The van der Waals surface area contributed by atoms with E-state index < -0.39 is 38.1 Å². The monoisotopic (exact) mass is 721 g/mol. The predicted octanol–water partition coefficient (Wildman–Crippen LogP) is 5.26. The molecule has 1 amide bonds. The number of amides is 1. The summed E-state index contributed by atoms with van der Waals surface area (Å²) in [6.45, 7) is 5.61. The molecule has 0 bridgehead atoms. The van der Waals surface area contributed by atoms with Gasteiger partial charge in [0.2, 0.25) is 10.0 Å². The van der Waals surface area contributed by atoms with Gasteiger partial charge in [-0.1, -0.05) is 36.7 Å². The Bertz CT molecular complexity index is 1740. The number of likely N-dealkylation sites (N-methyl/N-ethyl adjacent to an activating group) is 1. The molecule has 4 rings (SSSR count). The van der Waals surface area contributed by atoms with Gasteiger partial charge in [-0.2, -0.15) is 4.31 Å². The SMILES string of the molecule is C[C@@H]1CCCCO[C@H](CN(C)S(=O)(=O)c2ccc(Cl)cc2)[C@@H](C)CN([C@@H](C)CO)C(=O)c2cc(NS(=O)(=O)c3ccccc3)ccc2O1. The lowest BCUT2D eigenvalue weighted by atomic mass is 10.0. The number of halogens is 1. The van der Waals surface area contributed by atoms with E-state index in [1.807, 2.05) is 13.8 Å². The van der Waals surface area contributed by atoms with Crippen molar-refractivity contribution in [1.82, 2.24) is 9.21 Å². The smallest absolute Gasteiger partial charge is 0.261 e. The summed E-state index contributed by atoms with van der Waals surface area (Å²) in [7, 11) is -6.33. The molecular weight excluding hydrogens is 678 g/mol. The van der Waals surface area contributed by atoms with Crippen LogP contribution >= 0.6 is 11.6 Å². The van der Waals surface area contributed by atoms with Crippen LogP contribution < -0.4 is 9.46 Å². The normalized spacial score (nSPS) is 20.8. The molecule has 14 heteroatoms. The summed E-state index contributed by atoms with van der Waals surface area (Å²) in [5.41, 5.74) is 0.294. The van der Waals surface area contributed by atoms with Gasteiger partial charge in [-0.25, -0.2) is 16.8 Å². The molecule has 3 aromatic carbocycles. The Labute approximate surface area is 288 Å². The molecule has 0 aromatic heterocycles. The van der Waals surface area contributed by atoms with Gasteiger partial charge in [-0.15, -0.1) is 0 Å². The fourth-order valence-electron chi connectivity index (χ4n) is 5.40. The van der Waals surface area contributed by atoms with Gasteiger partial charge in [0.05, 0.1) is 40.2 Å². The number of rotatable bonds is 9. The lowest BCUT2D eigenvalue weighted by Crippen LogP contribution is -2.48. The minimum atomic E-state index is -3.95. The standard InChI is InChI=1S/C34H44ClN3O8S2/c1-24-21-38(25(2)23-39)34(40)31-20-28(36-47(41,42)29-11-6-5-7-12-29)15-18-32(31)46-26(3)10-8-9-19-45-33(24)22-37(4)48(43,44)30-16-13-27(35)14-17-30/h5-7,11-18,20,24-26,33,36,39H,8-10,19,21-23H2,1-4H3/t24-,25-,26+,33+/m0/s1. The average molecular weight is 722 g/mol. The Morgan fingerprint density at radius 1 is 1.00 bits per heavy atom. The molecule has 0 spiro atoms. The predicted molar refractivity (Wildman–Crippen MR) is 185 cm³/mol. The molecule has 4 atom stereocenters. The first-order valence-corrected chi connectivity index (χ1v) is 19.2. The van der Waals surface area contributed by atoms with Gasteiger partial charge in [0.15, 0.2) is 0 Å². The maximum atomic E-state index is 14.3. The van der Waals surface area contributed by atoms with Gasteiger partial charge in [-0.3, -0.25) is 9.52 Å². The molecular formula is C34H44ClN3O8S2. The summed E-state index contributed by atoms with van der Waals surface area (Å²) in [5, 5.41) is 10.6. The van der Waals surface area contributed by atoms with Crippen molar-refractivity contribution in [2.45, 2.75) is 68.1 Å². The minimum Gasteiger partial charge on any atom is -0.490 e. The zero-order valence-corrected chi connectivity index (χ0v) is 30.0. The van der Waals surface area contributed by atoms with Crippen molar-refractivity contribution in [3.63, 3.8) is 0 Å². The number of carbonyl (C=O) groups excluding carboxylic acids is 1. The first kappa shape index (κ1) is 37.6. The van der Waals surface area contributed by atoms with Crippen LogP contribution in [-0.4, -0.2) is 88.7 Å². The number of benzene rings is 3. The quantitative estimate of drug-likeness (QED) is 0.305. The number of aliphatic hydroxyl groups is 1. The highest BCUT2D eigenvalue weighted by Crippen LogP contribution is 2.30. The summed E-state index contributed by atoms with van der Waals surface area (Å²) in [4.78, 5) is 16.0. The van der Waals surface area contributed by atoms with Crippen molar-refractivity contribution in [2.24, 2.45) is 5.92 Å². The van der Waals surface area contributed by atoms with Gasteiger partial charge in [0.25, 0.3) is 15.9 Å². The average Bonchev–Trinajstić information content (AvgIpc) is 3.06. The molecule has 0 saturated carbocycles. The number of nitrogens with one attached hydrogen (secondary N) is 1. The molecule has 0 unspecified atom stereocenters. The molecule has 1 heterocycles. The van der Waals surface area contributed by atoms with E-state index in [2.05, 4.69) is 4.72 Å².